The number of hydrogen-bond acceptors (Lipinski definition) is 7. The second-order valence-corrected chi connectivity index (χ2v) is 12.8. The highest BCUT2D eigenvalue weighted by Gasteiger charge is 2.32. The summed E-state index contributed by atoms with van der Waals surface area (Å²) in [6.45, 7) is 12.3. The maximum absolute atomic E-state index is 13.1. The predicted octanol–water partition coefficient (Wildman–Crippen LogP) is 6.58. The molecule has 226 valence electrons. The molecule has 5 rings (SSSR count). The zero-order valence-corrected chi connectivity index (χ0v) is 25.9. The van der Waals surface area contributed by atoms with Crippen LogP contribution >= 0.6 is 0 Å². The summed E-state index contributed by atoms with van der Waals surface area (Å²) < 4.78 is 18.2. The molecule has 1 aliphatic heterocycles. The number of aryl methyl sites for hydroxylation is 1. The normalized spacial score (nSPS) is 18.9. The van der Waals surface area contributed by atoms with Crippen LogP contribution in [-0.2, 0) is 16.0 Å². The third-order valence-electron chi connectivity index (χ3n) is 8.68. The van der Waals surface area contributed by atoms with Gasteiger partial charge in [0.2, 0.25) is 0 Å². The van der Waals surface area contributed by atoms with Gasteiger partial charge in [-0.25, -0.2) is 9.59 Å². The lowest BCUT2D eigenvalue weighted by molar-refractivity contribution is 0.0542. The van der Waals surface area contributed by atoms with Gasteiger partial charge in [-0.3, -0.25) is 14.4 Å². The number of carbonyl (C=O) groups is 2. The Morgan fingerprint density at radius 1 is 1.00 bits per heavy atom. The second kappa shape index (κ2) is 12.5. The molecule has 1 unspecified atom stereocenters. The van der Waals surface area contributed by atoms with Gasteiger partial charge in [0.25, 0.3) is 0 Å². The van der Waals surface area contributed by atoms with Gasteiger partial charge in [-0.15, -0.1) is 0 Å². The highest BCUT2D eigenvalue weighted by atomic mass is 16.6. The van der Waals surface area contributed by atoms with Crippen molar-refractivity contribution < 1.29 is 23.8 Å². The second-order valence-electron chi connectivity index (χ2n) is 12.8. The number of aromatic nitrogens is 1. The van der Waals surface area contributed by atoms with E-state index >= 15 is 0 Å². The molecule has 2 aliphatic rings. The molecule has 0 bridgehead atoms. The average Bonchev–Trinajstić information content (AvgIpc) is 3.64. The van der Waals surface area contributed by atoms with Gasteiger partial charge in [-0.1, -0.05) is 25.0 Å². The summed E-state index contributed by atoms with van der Waals surface area (Å²) in [6.07, 6.45) is 6.75. The van der Waals surface area contributed by atoms with E-state index in [4.69, 9.17) is 14.2 Å². The topological polar surface area (TPSA) is 73.2 Å². The van der Waals surface area contributed by atoms with E-state index in [1.54, 1.807) is 17.9 Å². The number of fused-ring (bicyclic) bond motifs is 1. The molecule has 2 aromatic carbocycles. The first-order valence-electron chi connectivity index (χ1n) is 15.1. The predicted molar refractivity (Wildman–Crippen MR) is 164 cm³/mol. The van der Waals surface area contributed by atoms with Crippen LogP contribution < -0.4 is 4.74 Å². The first kappa shape index (κ1) is 30.1. The van der Waals surface area contributed by atoms with Gasteiger partial charge in [-0.05, 0) is 81.8 Å². The largest absolute Gasteiger partial charge is 0.496 e. The van der Waals surface area contributed by atoms with Crippen molar-refractivity contribution in [3.05, 3.63) is 64.8 Å². The van der Waals surface area contributed by atoms with Gasteiger partial charge in [0.1, 0.15) is 11.4 Å². The number of carbonyl (C=O) groups excluding carboxylic acids is 2. The number of esters is 1. The van der Waals surface area contributed by atoms with Gasteiger partial charge in [0, 0.05) is 55.9 Å². The lowest BCUT2D eigenvalue weighted by atomic mass is 9.97. The van der Waals surface area contributed by atoms with Crippen LogP contribution in [-0.4, -0.2) is 72.4 Å². The molecule has 1 saturated heterocycles. The van der Waals surface area contributed by atoms with E-state index < -0.39 is 5.60 Å². The Hall–Kier alpha value is -3.36. The van der Waals surface area contributed by atoms with Gasteiger partial charge in [-0.2, -0.15) is 0 Å². The number of rotatable bonds is 7. The summed E-state index contributed by atoms with van der Waals surface area (Å²) in [7, 11) is 3.11. The van der Waals surface area contributed by atoms with Gasteiger partial charge in [0.05, 0.1) is 25.3 Å². The lowest BCUT2D eigenvalue weighted by Gasteiger charge is -2.43. The zero-order valence-electron chi connectivity index (χ0n) is 25.9. The lowest BCUT2D eigenvalue weighted by Crippen LogP contribution is -2.49. The fraction of sp³-hybridized carbons (Fsp3) is 0.529. The first-order chi connectivity index (χ1) is 20.1. The fourth-order valence-corrected chi connectivity index (χ4v) is 6.64. The smallest absolute Gasteiger partial charge is 0.419 e. The molecule has 8 nitrogen and oxygen atoms in total. The molecule has 3 aromatic rings. The van der Waals surface area contributed by atoms with Crippen molar-refractivity contribution in [2.45, 2.75) is 71.6 Å². The Bertz CT molecular complexity index is 1420. The Kier molecular flexibility index (Phi) is 8.94. The van der Waals surface area contributed by atoms with Crippen molar-refractivity contribution >= 4 is 23.0 Å². The van der Waals surface area contributed by atoms with Gasteiger partial charge in [0.15, 0.2) is 0 Å². The SMILES string of the molecule is COC(=O)c1ccc(C2CN(CC3CCCC3)CCN2Cc2c(OC)cc(C)c3c2ccn3C(=O)OC(C)(C)C)cc1. The van der Waals surface area contributed by atoms with Crippen LogP contribution in [0, 0.1) is 12.8 Å². The Balaban J connectivity index is 1.48. The van der Waals surface area contributed by atoms with Crippen LogP contribution in [0.5, 0.6) is 5.75 Å². The summed E-state index contributed by atoms with van der Waals surface area (Å²) in [6, 6.07) is 12.0. The van der Waals surface area contributed by atoms with Crippen molar-refractivity contribution in [3.63, 3.8) is 0 Å². The average molecular weight is 576 g/mol. The monoisotopic (exact) mass is 575 g/mol. The molecule has 42 heavy (non-hydrogen) atoms. The van der Waals surface area contributed by atoms with Crippen molar-refractivity contribution in [1.82, 2.24) is 14.4 Å². The van der Waals surface area contributed by atoms with E-state index in [0.29, 0.717) is 12.1 Å². The van der Waals surface area contributed by atoms with Crippen molar-refractivity contribution in [3.8, 4) is 5.75 Å². The summed E-state index contributed by atoms with van der Waals surface area (Å²) in [5, 5.41) is 0.992. The van der Waals surface area contributed by atoms with Crippen molar-refractivity contribution in [1.29, 1.82) is 0 Å². The van der Waals surface area contributed by atoms with Crippen molar-refractivity contribution in [2.24, 2.45) is 5.92 Å². The molecular formula is C34H45N3O5. The molecule has 0 amide bonds. The Morgan fingerprint density at radius 2 is 1.71 bits per heavy atom. The number of nitrogens with zero attached hydrogens (tertiary/aromatic N) is 3. The van der Waals surface area contributed by atoms with Crippen LogP contribution in [0.4, 0.5) is 4.79 Å². The Morgan fingerprint density at radius 3 is 2.36 bits per heavy atom. The summed E-state index contributed by atoms with van der Waals surface area (Å²) >= 11 is 0. The molecule has 2 fully saturated rings. The van der Waals surface area contributed by atoms with Gasteiger partial charge >= 0.3 is 12.1 Å². The Labute approximate surface area is 249 Å². The highest BCUT2D eigenvalue weighted by molar-refractivity contribution is 5.95. The summed E-state index contributed by atoms with van der Waals surface area (Å²) in [5.41, 5.74) is 3.99. The molecular weight excluding hydrogens is 530 g/mol. The minimum absolute atomic E-state index is 0.140. The number of benzene rings is 2. The number of ether oxygens (including phenoxy) is 3. The van der Waals surface area contributed by atoms with E-state index in [2.05, 4.69) is 21.9 Å². The molecule has 2 heterocycles. The van der Waals surface area contributed by atoms with Crippen LogP contribution in [0.1, 0.15) is 79.5 Å². The van der Waals surface area contributed by atoms with E-state index in [0.717, 1.165) is 59.9 Å². The standard InChI is InChI=1S/C34H45N3O5/c1-23-19-30(40-5)28(27-15-16-37(31(23)27)33(39)42-34(2,3)4)21-36-18-17-35(20-24-9-7-8-10-24)22-29(36)25-11-13-26(14-12-25)32(38)41-6/h11-16,19,24,29H,7-10,17-18,20-22H2,1-6H3. The highest BCUT2D eigenvalue weighted by Crippen LogP contribution is 2.37. The van der Waals surface area contributed by atoms with Crippen LogP contribution in [0.2, 0.25) is 0 Å². The first-order valence-corrected chi connectivity index (χ1v) is 15.1. The van der Waals surface area contributed by atoms with Crippen LogP contribution in [0.15, 0.2) is 42.6 Å². The molecule has 8 heteroatoms. The zero-order chi connectivity index (χ0) is 30.0. The molecule has 1 atom stereocenters. The van der Waals surface area contributed by atoms with Crippen molar-refractivity contribution in [2.75, 3.05) is 40.4 Å². The molecule has 0 radical (unpaired) electrons. The summed E-state index contributed by atoms with van der Waals surface area (Å²) in [5.74, 6) is 1.27. The fourth-order valence-electron chi connectivity index (χ4n) is 6.64. The maximum Gasteiger partial charge on any atom is 0.419 e. The number of piperazine rings is 1. The summed E-state index contributed by atoms with van der Waals surface area (Å²) in [4.78, 5) is 30.4. The molecule has 0 N–H and O–H groups in total. The minimum atomic E-state index is -0.592. The van der Waals surface area contributed by atoms with Crippen LogP contribution in [0.3, 0.4) is 0 Å². The van der Waals surface area contributed by atoms with Gasteiger partial charge < -0.3 is 14.2 Å². The molecule has 1 saturated carbocycles. The number of hydrogen-bond donors (Lipinski definition) is 0. The van der Waals surface area contributed by atoms with Crippen LogP contribution in [0.25, 0.3) is 10.9 Å². The van der Waals surface area contributed by atoms with E-state index in [-0.39, 0.29) is 18.1 Å². The third-order valence-corrected chi connectivity index (χ3v) is 8.68. The van der Waals surface area contributed by atoms with E-state index in [9.17, 15) is 9.59 Å². The maximum atomic E-state index is 13.1. The third kappa shape index (κ3) is 6.50. The minimum Gasteiger partial charge on any atom is -0.496 e. The molecule has 0 spiro atoms. The number of methoxy groups -OCH3 is 2. The van der Waals surface area contributed by atoms with E-state index in [1.807, 2.05) is 52.0 Å². The van der Waals surface area contributed by atoms with E-state index in [1.165, 1.54) is 38.4 Å². The molecule has 1 aliphatic carbocycles. The quantitative estimate of drug-likeness (QED) is 0.295. The molecule has 1 aromatic heterocycles.